The molecule has 138 valence electrons. The molecule has 0 saturated carbocycles. The van der Waals surface area contributed by atoms with Gasteiger partial charge in [0.05, 0.1) is 5.69 Å². The van der Waals surface area contributed by atoms with Gasteiger partial charge in [0, 0.05) is 31.0 Å². The van der Waals surface area contributed by atoms with E-state index in [-0.39, 0.29) is 11.0 Å². The van der Waals surface area contributed by atoms with E-state index < -0.39 is 0 Å². The average molecular weight is 372 g/mol. The molecule has 0 atom stereocenters. The molecule has 1 aliphatic carbocycles. The van der Waals surface area contributed by atoms with Gasteiger partial charge in [0.25, 0.3) is 5.91 Å². The van der Waals surface area contributed by atoms with Crippen LogP contribution in [0.25, 0.3) is 11.4 Å². The van der Waals surface area contributed by atoms with E-state index in [4.69, 9.17) is 0 Å². The lowest BCUT2D eigenvalue weighted by atomic mass is 9.92. The quantitative estimate of drug-likeness (QED) is 0.695. The molecule has 0 fully saturated rings. The van der Waals surface area contributed by atoms with E-state index in [9.17, 15) is 9.59 Å². The minimum atomic E-state index is -0.0923. The molecule has 2 aromatic heterocycles. The first-order chi connectivity index (χ1) is 12.7. The van der Waals surface area contributed by atoms with Crippen molar-refractivity contribution in [2.75, 3.05) is 12.3 Å². The topological polar surface area (TPSA) is 87.7 Å². The predicted octanol–water partition coefficient (Wildman–Crippen LogP) is 3.14. The Balaban J connectivity index is 1.46. The van der Waals surface area contributed by atoms with Crippen LogP contribution in [-0.4, -0.2) is 38.5 Å². The molecule has 1 amide bonds. The van der Waals surface area contributed by atoms with Gasteiger partial charge in [-0.3, -0.25) is 19.7 Å². The van der Waals surface area contributed by atoms with Gasteiger partial charge < -0.3 is 5.32 Å². The van der Waals surface area contributed by atoms with Crippen LogP contribution in [0.3, 0.4) is 0 Å². The zero-order valence-corrected chi connectivity index (χ0v) is 15.8. The van der Waals surface area contributed by atoms with Gasteiger partial charge >= 0.3 is 0 Å². The van der Waals surface area contributed by atoms with E-state index in [1.807, 2.05) is 6.07 Å². The summed E-state index contributed by atoms with van der Waals surface area (Å²) in [6.45, 7) is 2.25. The lowest BCUT2D eigenvalue weighted by Crippen LogP contribution is -2.26. The summed E-state index contributed by atoms with van der Waals surface area (Å²) >= 11 is 1.38. The summed E-state index contributed by atoms with van der Waals surface area (Å²) < 4.78 is 0. The van der Waals surface area contributed by atoms with Crippen LogP contribution >= 0.6 is 11.8 Å². The monoisotopic (exact) mass is 372 g/mol. The molecule has 0 bridgehead atoms. The molecule has 0 radical (unpaired) electrons. The normalized spacial score (nSPS) is 12.3. The van der Waals surface area contributed by atoms with Crippen molar-refractivity contribution in [3.05, 3.63) is 35.2 Å². The van der Waals surface area contributed by atoms with Gasteiger partial charge in [0.2, 0.25) is 0 Å². The van der Waals surface area contributed by atoms with Crippen molar-refractivity contribution in [3.63, 3.8) is 0 Å². The smallest absolute Gasteiger partial charge is 0.269 e. The van der Waals surface area contributed by atoms with Crippen molar-refractivity contribution in [2.24, 2.45) is 0 Å². The zero-order chi connectivity index (χ0) is 18.4. The Morgan fingerprint density at radius 2 is 2.04 bits per heavy atom. The summed E-state index contributed by atoms with van der Waals surface area (Å²) in [5.74, 6) is 0.794. The largest absolute Gasteiger partial charge is 0.351 e. The third-order valence-corrected chi connectivity index (χ3v) is 5.42. The number of aromatic amines is 1. The number of carbonyl (C=O) groups excluding carboxylic acids is 2. The Labute approximate surface area is 157 Å². The van der Waals surface area contributed by atoms with Gasteiger partial charge in [-0.05, 0) is 37.3 Å². The van der Waals surface area contributed by atoms with Crippen molar-refractivity contribution in [3.8, 4) is 11.4 Å². The van der Waals surface area contributed by atoms with Crippen LogP contribution < -0.4 is 5.32 Å². The highest BCUT2D eigenvalue weighted by Gasteiger charge is 2.25. The number of hydrogen-bond acceptors (Lipinski definition) is 5. The fourth-order valence-electron chi connectivity index (χ4n) is 3.19. The van der Waals surface area contributed by atoms with Gasteiger partial charge in [0.15, 0.2) is 5.12 Å². The van der Waals surface area contributed by atoms with E-state index in [1.54, 1.807) is 13.1 Å². The lowest BCUT2D eigenvalue weighted by Gasteiger charge is -2.14. The number of H-pyrrole nitrogens is 1. The second-order valence-corrected chi connectivity index (χ2v) is 7.72. The van der Waals surface area contributed by atoms with Crippen molar-refractivity contribution in [1.82, 2.24) is 20.5 Å². The second-order valence-electron chi connectivity index (χ2n) is 6.45. The van der Waals surface area contributed by atoms with Crippen LogP contribution in [0.5, 0.6) is 0 Å². The molecular formula is C19H24N4O2S. The number of amides is 1. The molecule has 0 aliphatic heterocycles. The molecule has 6 nitrogen and oxygen atoms in total. The Kier molecular flexibility index (Phi) is 6.44. The number of aromatic nitrogens is 3. The number of aryl methyl sites for hydroxylation is 1. The Morgan fingerprint density at radius 3 is 2.88 bits per heavy atom. The van der Waals surface area contributed by atoms with E-state index in [0.29, 0.717) is 12.2 Å². The highest BCUT2D eigenvalue weighted by Crippen LogP contribution is 2.31. The van der Waals surface area contributed by atoms with E-state index in [0.717, 1.165) is 61.2 Å². The van der Waals surface area contributed by atoms with Gasteiger partial charge in [0.1, 0.15) is 11.4 Å². The van der Waals surface area contributed by atoms with Crippen molar-refractivity contribution >= 4 is 22.8 Å². The van der Waals surface area contributed by atoms with Gasteiger partial charge in [-0.15, -0.1) is 0 Å². The highest BCUT2D eigenvalue weighted by atomic mass is 32.2. The SMILES string of the molecule is CC(=O)SCCCCCCNC(=O)c1[nH]nc2c1CCc1cccnc1-2. The number of nitrogens with one attached hydrogen (secondary N) is 2. The lowest BCUT2D eigenvalue weighted by molar-refractivity contribution is -0.109. The number of unbranched alkanes of at least 4 members (excludes halogenated alkanes) is 3. The minimum Gasteiger partial charge on any atom is -0.351 e. The molecule has 1 aliphatic rings. The first-order valence-corrected chi connectivity index (χ1v) is 10.1. The Morgan fingerprint density at radius 1 is 1.19 bits per heavy atom. The average Bonchev–Trinajstić information content (AvgIpc) is 3.08. The van der Waals surface area contributed by atoms with Crippen molar-refractivity contribution < 1.29 is 9.59 Å². The molecule has 0 aromatic carbocycles. The Bertz CT molecular complexity index is 788. The van der Waals surface area contributed by atoms with Crippen LogP contribution in [0.2, 0.25) is 0 Å². The number of rotatable bonds is 8. The van der Waals surface area contributed by atoms with E-state index in [2.05, 4.69) is 26.6 Å². The van der Waals surface area contributed by atoms with Crippen LogP contribution in [0.4, 0.5) is 0 Å². The number of hydrogen-bond donors (Lipinski definition) is 2. The van der Waals surface area contributed by atoms with E-state index >= 15 is 0 Å². The third-order valence-electron chi connectivity index (χ3n) is 4.52. The first kappa shape index (κ1) is 18.6. The number of pyridine rings is 1. The maximum absolute atomic E-state index is 12.5. The van der Waals surface area contributed by atoms with Gasteiger partial charge in [-0.1, -0.05) is 30.7 Å². The molecule has 0 spiro atoms. The molecule has 7 heteroatoms. The molecule has 3 rings (SSSR count). The van der Waals surface area contributed by atoms with Crippen LogP contribution in [-0.2, 0) is 17.6 Å². The fourth-order valence-corrected chi connectivity index (χ4v) is 3.83. The molecule has 26 heavy (non-hydrogen) atoms. The summed E-state index contributed by atoms with van der Waals surface area (Å²) in [6.07, 6.45) is 7.57. The molecule has 0 saturated heterocycles. The van der Waals surface area contributed by atoms with Crippen molar-refractivity contribution in [1.29, 1.82) is 0 Å². The number of fused-ring (bicyclic) bond motifs is 3. The second kappa shape index (κ2) is 8.98. The molecule has 2 N–H and O–H groups in total. The molecular weight excluding hydrogens is 348 g/mol. The number of thioether (sulfide) groups is 1. The minimum absolute atomic E-state index is 0.0923. The standard InChI is InChI=1S/C19H24N4O2S/c1-13(24)26-12-5-3-2-4-10-21-19(25)18-15-9-8-14-7-6-11-20-16(14)17(15)22-23-18/h6-7,11H,2-5,8-10,12H2,1H3,(H,21,25)(H,22,23). The van der Waals surface area contributed by atoms with Crippen LogP contribution in [0.1, 0.15) is 54.2 Å². The molecule has 0 unspecified atom stereocenters. The Hall–Kier alpha value is -2.15. The summed E-state index contributed by atoms with van der Waals surface area (Å²) in [4.78, 5) is 27.7. The number of carbonyl (C=O) groups is 2. The summed E-state index contributed by atoms with van der Waals surface area (Å²) in [5, 5.41) is 10.4. The van der Waals surface area contributed by atoms with Crippen LogP contribution in [0, 0.1) is 0 Å². The summed E-state index contributed by atoms with van der Waals surface area (Å²) in [7, 11) is 0. The summed E-state index contributed by atoms with van der Waals surface area (Å²) in [5.41, 5.74) is 4.40. The third kappa shape index (κ3) is 4.52. The first-order valence-electron chi connectivity index (χ1n) is 9.10. The fraction of sp³-hybridized carbons (Fsp3) is 0.474. The van der Waals surface area contributed by atoms with Crippen LogP contribution in [0.15, 0.2) is 18.3 Å². The summed E-state index contributed by atoms with van der Waals surface area (Å²) in [6, 6.07) is 4.00. The highest BCUT2D eigenvalue weighted by molar-refractivity contribution is 8.13. The van der Waals surface area contributed by atoms with Crippen molar-refractivity contribution in [2.45, 2.75) is 45.4 Å². The number of nitrogens with zero attached hydrogens (tertiary/aromatic N) is 2. The molecule has 2 aromatic rings. The zero-order valence-electron chi connectivity index (χ0n) is 15.0. The predicted molar refractivity (Wildman–Crippen MR) is 103 cm³/mol. The van der Waals surface area contributed by atoms with E-state index in [1.165, 1.54) is 17.3 Å². The molecule has 2 heterocycles. The maximum Gasteiger partial charge on any atom is 0.269 e. The van der Waals surface area contributed by atoms with Gasteiger partial charge in [-0.2, -0.15) is 5.10 Å². The maximum atomic E-state index is 12.5. The van der Waals surface area contributed by atoms with Gasteiger partial charge in [-0.25, -0.2) is 0 Å².